The number of aromatic nitrogens is 2. The van der Waals surface area contributed by atoms with Gasteiger partial charge in [-0.2, -0.15) is 0 Å². The van der Waals surface area contributed by atoms with Crippen molar-refractivity contribution >= 4 is 17.4 Å². The van der Waals surface area contributed by atoms with Gasteiger partial charge in [-0.1, -0.05) is 17.7 Å². The van der Waals surface area contributed by atoms with Gasteiger partial charge in [-0.15, -0.1) is 0 Å². The highest BCUT2D eigenvalue weighted by atomic mass is 16.1. The van der Waals surface area contributed by atoms with Crippen LogP contribution >= 0.6 is 0 Å². The summed E-state index contributed by atoms with van der Waals surface area (Å²) in [5, 5.41) is 6.18. The van der Waals surface area contributed by atoms with Crippen molar-refractivity contribution in [2.24, 2.45) is 0 Å². The van der Waals surface area contributed by atoms with Crippen molar-refractivity contribution in [2.75, 3.05) is 10.6 Å². The zero-order valence-corrected chi connectivity index (χ0v) is 14.6. The summed E-state index contributed by atoms with van der Waals surface area (Å²) >= 11 is 0. The fraction of sp³-hybridized carbons (Fsp3) is 0.389. The molecule has 23 heavy (non-hydrogen) atoms. The second kappa shape index (κ2) is 6.77. The number of carbonyl (C=O) groups excluding carboxylic acids is 1. The molecule has 0 aliphatic carbocycles. The predicted molar refractivity (Wildman–Crippen MR) is 94.1 cm³/mol. The van der Waals surface area contributed by atoms with Gasteiger partial charge in [-0.3, -0.25) is 4.79 Å². The van der Waals surface area contributed by atoms with E-state index >= 15 is 0 Å². The molecule has 5 heteroatoms. The molecule has 0 spiro atoms. The second-order valence-electron chi connectivity index (χ2n) is 6.21. The lowest BCUT2D eigenvalue weighted by Crippen LogP contribution is -2.18. The maximum absolute atomic E-state index is 12.6. The van der Waals surface area contributed by atoms with Crippen LogP contribution < -0.4 is 10.6 Å². The average molecular weight is 312 g/mol. The second-order valence-corrected chi connectivity index (χ2v) is 6.21. The maximum atomic E-state index is 12.6. The first kappa shape index (κ1) is 16.9. The van der Waals surface area contributed by atoms with Gasteiger partial charge in [0.15, 0.2) is 0 Å². The van der Waals surface area contributed by atoms with E-state index in [1.54, 1.807) is 13.0 Å². The Kier molecular flexibility index (Phi) is 4.98. The molecule has 0 radical (unpaired) electrons. The number of nitrogens with one attached hydrogen (secondary N) is 2. The van der Waals surface area contributed by atoms with Gasteiger partial charge >= 0.3 is 0 Å². The largest absolute Gasteiger partial charge is 0.368 e. The van der Waals surface area contributed by atoms with Crippen LogP contribution in [0.1, 0.15) is 46.9 Å². The predicted octanol–water partition coefficient (Wildman–Crippen LogP) is 3.78. The van der Waals surface area contributed by atoms with E-state index in [0.717, 1.165) is 16.8 Å². The molecule has 1 heterocycles. The van der Waals surface area contributed by atoms with Gasteiger partial charge in [0.25, 0.3) is 5.91 Å². The van der Waals surface area contributed by atoms with E-state index < -0.39 is 0 Å². The highest BCUT2D eigenvalue weighted by Crippen LogP contribution is 2.22. The Bertz CT molecular complexity index is 715. The third-order valence-electron chi connectivity index (χ3n) is 3.42. The molecule has 122 valence electrons. The standard InChI is InChI=1S/C18H24N4O/c1-10(2)19-16-9-15(20-14(6)21-16)18(23)22-17-12(4)7-11(3)8-13(17)5/h7-10H,1-6H3,(H,22,23)(H,19,20,21). The number of carbonyl (C=O) groups is 1. The van der Waals surface area contributed by atoms with Gasteiger partial charge in [-0.25, -0.2) is 9.97 Å². The van der Waals surface area contributed by atoms with Crippen LogP contribution in [0.3, 0.4) is 0 Å². The SMILES string of the molecule is Cc1cc(C)c(NC(=O)c2cc(NC(C)C)nc(C)n2)c(C)c1. The van der Waals surface area contributed by atoms with Crippen molar-refractivity contribution in [1.29, 1.82) is 0 Å². The number of amides is 1. The van der Waals surface area contributed by atoms with E-state index in [1.807, 2.05) is 34.6 Å². The number of hydrogen-bond donors (Lipinski definition) is 2. The molecule has 0 saturated carbocycles. The molecule has 0 unspecified atom stereocenters. The maximum Gasteiger partial charge on any atom is 0.274 e. The van der Waals surface area contributed by atoms with Crippen molar-refractivity contribution < 1.29 is 4.79 Å². The Morgan fingerprint density at radius 1 is 1.00 bits per heavy atom. The molecule has 1 aromatic carbocycles. The first-order valence-electron chi connectivity index (χ1n) is 7.77. The minimum atomic E-state index is -0.225. The van der Waals surface area contributed by atoms with Crippen LogP contribution in [0.15, 0.2) is 18.2 Å². The Hall–Kier alpha value is -2.43. The average Bonchev–Trinajstić information content (AvgIpc) is 2.41. The topological polar surface area (TPSA) is 66.9 Å². The fourth-order valence-electron chi connectivity index (χ4n) is 2.61. The van der Waals surface area contributed by atoms with E-state index in [2.05, 4.69) is 32.7 Å². The van der Waals surface area contributed by atoms with Crippen molar-refractivity contribution in [2.45, 2.75) is 47.6 Å². The Balaban J connectivity index is 2.29. The number of nitrogens with zero attached hydrogens (tertiary/aromatic N) is 2. The van der Waals surface area contributed by atoms with Crippen molar-refractivity contribution in [3.05, 3.63) is 46.4 Å². The normalized spacial score (nSPS) is 10.7. The first-order chi connectivity index (χ1) is 10.8. The van der Waals surface area contributed by atoms with Gasteiger partial charge in [0.2, 0.25) is 0 Å². The molecule has 0 atom stereocenters. The molecule has 0 fully saturated rings. The molecular formula is C18H24N4O. The summed E-state index contributed by atoms with van der Waals surface area (Å²) < 4.78 is 0. The number of benzene rings is 1. The van der Waals surface area contributed by atoms with Crippen LogP contribution in [0, 0.1) is 27.7 Å². The zero-order chi connectivity index (χ0) is 17.1. The van der Waals surface area contributed by atoms with Crippen LogP contribution in [-0.2, 0) is 0 Å². The lowest BCUT2D eigenvalue weighted by Gasteiger charge is -2.14. The molecule has 1 amide bonds. The number of aryl methyl sites for hydroxylation is 4. The van der Waals surface area contributed by atoms with Gasteiger partial charge in [0.05, 0.1) is 0 Å². The molecule has 2 N–H and O–H groups in total. The highest BCUT2D eigenvalue weighted by Gasteiger charge is 2.14. The summed E-state index contributed by atoms with van der Waals surface area (Å²) in [6.45, 7) is 11.9. The highest BCUT2D eigenvalue weighted by molar-refractivity contribution is 6.04. The first-order valence-corrected chi connectivity index (χ1v) is 7.77. The van der Waals surface area contributed by atoms with E-state index in [4.69, 9.17) is 0 Å². The van der Waals surface area contributed by atoms with Crippen molar-refractivity contribution in [3.8, 4) is 0 Å². The third kappa shape index (κ3) is 4.28. The molecule has 0 aliphatic rings. The summed E-state index contributed by atoms with van der Waals surface area (Å²) in [7, 11) is 0. The van der Waals surface area contributed by atoms with Gasteiger partial charge in [0, 0.05) is 17.8 Å². The van der Waals surface area contributed by atoms with Crippen molar-refractivity contribution in [1.82, 2.24) is 9.97 Å². The molecule has 0 saturated heterocycles. The molecular weight excluding hydrogens is 288 g/mol. The molecule has 1 aromatic heterocycles. The van der Waals surface area contributed by atoms with E-state index in [-0.39, 0.29) is 11.9 Å². The Morgan fingerprint density at radius 3 is 2.17 bits per heavy atom. The minimum Gasteiger partial charge on any atom is -0.368 e. The van der Waals surface area contributed by atoms with Gasteiger partial charge in [0.1, 0.15) is 17.3 Å². The third-order valence-corrected chi connectivity index (χ3v) is 3.42. The summed E-state index contributed by atoms with van der Waals surface area (Å²) in [4.78, 5) is 21.1. The number of rotatable bonds is 4. The molecule has 5 nitrogen and oxygen atoms in total. The quantitative estimate of drug-likeness (QED) is 0.901. The van der Waals surface area contributed by atoms with E-state index in [1.165, 1.54) is 5.56 Å². The summed E-state index contributed by atoms with van der Waals surface area (Å²) in [6.07, 6.45) is 0. The minimum absolute atomic E-state index is 0.225. The lowest BCUT2D eigenvalue weighted by molar-refractivity contribution is 0.102. The lowest BCUT2D eigenvalue weighted by atomic mass is 10.0. The summed E-state index contributed by atoms with van der Waals surface area (Å²) in [6, 6.07) is 6.03. The Morgan fingerprint density at radius 2 is 1.61 bits per heavy atom. The molecule has 0 aliphatic heterocycles. The summed E-state index contributed by atoms with van der Waals surface area (Å²) in [5.41, 5.74) is 4.47. The number of hydrogen-bond acceptors (Lipinski definition) is 4. The van der Waals surface area contributed by atoms with Crippen LogP contribution in [0.4, 0.5) is 11.5 Å². The van der Waals surface area contributed by atoms with E-state index in [9.17, 15) is 4.79 Å². The van der Waals surface area contributed by atoms with E-state index in [0.29, 0.717) is 17.3 Å². The molecule has 2 aromatic rings. The van der Waals surface area contributed by atoms with Crippen LogP contribution in [0.2, 0.25) is 0 Å². The van der Waals surface area contributed by atoms with Crippen molar-refractivity contribution in [3.63, 3.8) is 0 Å². The number of anilines is 2. The molecule has 0 bridgehead atoms. The van der Waals surface area contributed by atoms with Gasteiger partial charge < -0.3 is 10.6 Å². The Labute approximate surface area is 137 Å². The van der Waals surface area contributed by atoms with Crippen LogP contribution in [0.25, 0.3) is 0 Å². The smallest absolute Gasteiger partial charge is 0.274 e. The van der Waals surface area contributed by atoms with Crippen LogP contribution in [-0.4, -0.2) is 21.9 Å². The fourth-order valence-corrected chi connectivity index (χ4v) is 2.61. The van der Waals surface area contributed by atoms with Gasteiger partial charge in [-0.05, 0) is 52.7 Å². The summed E-state index contributed by atoms with van der Waals surface area (Å²) in [5.74, 6) is 1.01. The van der Waals surface area contributed by atoms with Crippen LogP contribution in [0.5, 0.6) is 0 Å². The molecule has 2 rings (SSSR count). The zero-order valence-electron chi connectivity index (χ0n) is 14.6. The monoisotopic (exact) mass is 312 g/mol.